The topological polar surface area (TPSA) is 122 Å². The van der Waals surface area contributed by atoms with Gasteiger partial charge < -0.3 is 25.4 Å². The number of sulfonamides is 1. The average molecular weight is 473 g/mol. The van der Waals surface area contributed by atoms with E-state index in [2.05, 4.69) is 0 Å². The summed E-state index contributed by atoms with van der Waals surface area (Å²) in [6.07, 6.45) is -0.0444. The molecule has 0 aliphatic heterocycles. The van der Waals surface area contributed by atoms with Gasteiger partial charge in [0.1, 0.15) is 17.2 Å². The molecule has 1 atom stereocenters. The van der Waals surface area contributed by atoms with Crippen molar-refractivity contribution in [2.24, 2.45) is 0 Å². The third kappa shape index (κ3) is 4.99. The summed E-state index contributed by atoms with van der Waals surface area (Å²) in [5, 5.41) is 21.1. The third-order valence-electron chi connectivity index (χ3n) is 5.34. The standard InChI is InChI=1S/C24H28N2O6S/c1-15(27)22-20(25)13-14-21(24(22)28)26(33(4,29)30)23(16-5-9-18(31-2)10-6-16)17-7-11-19(32-3)12-8-17/h5-15,23,27-28H,25H2,1-4H3. The number of nitrogens with zero attached hydrogens (tertiary/aromatic N) is 1. The first-order chi connectivity index (χ1) is 15.6. The highest BCUT2D eigenvalue weighted by molar-refractivity contribution is 7.92. The fraction of sp³-hybridized carbons (Fsp3) is 0.250. The van der Waals surface area contributed by atoms with Gasteiger partial charge in [-0.3, -0.25) is 4.31 Å². The highest BCUT2D eigenvalue weighted by Crippen LogP contribution is 2.44. The van der Waals surface area contributed by atoms with Crippen molar-refractivity contribution in [3.8, 4) is 17.2 Å². The van der Waals surface area contributed by atoms with Crippen molar-refractivity contribution in [1.82, 2.24) is 0 Å². The predicted molar refractivity (Wildman–Crippen MR) is 128 cm³/mol. The summed E-state index contributed by atoms with van der Waals surface area (Å²) in [7, 11) is -0.845. The van der Waals surface area contributed by atoms with Crippen LogP contribution >= 0.6 is 0 Å². The lowest BCUT2D eigenvalue weighted by Gasteiger charge is -2.33. The summed E-state index contributed by atoms with van der Waals surface area (Å²) in [6.45, 7) is 1.45. The van der Waals surface area contributed by atoms with Crippen molar-refractivity contribution in [1.29, 1.82) is 0 Å². The van der Waals surface area contributed by atoms with E-state index in [0.717, 1.165) is 10.6 Å². The Balaban J connectivity index is 2.31. The summed E-state index contributed by atoms with van der Waals surface area (Å²) in [5.74, 6) is 0.831. The van der Waals surface area contributed by atoms with Gasteiger partial charge in [-0.05, 0) is 54.4 Å². The van der Waals surface area contributed by atoms with Crippen LogP contribution in [0.1, 0.15) is 35.8 Å². The number of methoxy groups -OCH3 is 2. The number of rotatable bonds is 8. The van der Waals surface area contributed by atoms with E-state index in [-0.39, 0.29) is 16.9 Å². The van der Waals surface area contributed by atoms with Crippen LogP contribution in [-0.4, -0.2) is 39.1 Å². The second-order valence-electron chi connectivity index (χ2n) is 7.62. The number of hydrogen-bond acceptors (Lipinski definition) is 7. The maximum atomic E-state index is 13.2. The molecule has 9 heteroatoms. The SMILES string of the molecule is COc1ccc(C(c2ccc(OC)cc2)N(c2ccc(N)c(C(C)O)c2O)S(C)(=O)=O)cc1. The van der Waals surface area contributed by atoms with Gasteiger partial charge in [0.05, 0.1) is 38.3 Å². The maximum absolute atomic E-state index is 13.2. The molecule has 176 valence electrons. The van der Waals surface area contributed by atoms with Gasteiger partial charge in [0, 0.05) is 11.3 Å². The van der Waals surface area contributed by atoms with Crippen LogP contribution in [0.2, 0.25) is 0 Å². The van der Waals surface area contributed by atoms with Crippen molar-refractivity contribution < 1.29 is 28.1 Å². The number of benzene rings is 3. The molecule has 0 amide bonds. The van der Waals surface area contributed by atoms with Crippen molar-refractivity contribution in [2.45, 2.75) is 19.1 Å². The van der Waals surface area contributed by atoms with Gasteiger partial charge in [-0.2, -0.15) is 0 Å². The molecule has 0 aliphatic rings. The number of aliphatic hydroxyl groups excluding tert-OH is 1. The van der Waals surface area contributed by atoms with Gasteiger partial charge in [-0.15, -0.1) is 0 Å². The highest BCUT2D eigenvalue weighted by atomic mass is 32.2. The molecule has 3 rings (SSSR count). The van der Waals surface area contributed by atoms with Crippen LogP contribution in [0, 0.1) is 0 Å². The minimum absolute atomic E-state index is 0.000707. The van der Waals surface area contributed by atoms with E-state index in [9.17, 15) is 18.6 Å². The molecule has 1 unspecified atom stereocenters. The van der Waals surface area contributed by atoms with Gasteiger partial charge in [0.2, 0.25) is 10.0 Å². The van der Waals surface area contributed by atoms with E-state index in [4.69, 9.17) is 15.2 Å². The molecule has 0 radical (unpaired) electrons. The van der Waals surface area contributed by atoms with Crippen LogP contribution < -0.4 is 19.5 Å². The number of nitrogen functional groups attached to an aromatic ring is 1. The summed E-state index contributed by atoms with van der Waals surface area (Å²) >= 11 is 0. The Bertz CT molecular complexity index is 1160. The van der Waals surface area contributed by atoms with Gasteiger partial charge in [-0.25, -0.2) is 8.42 Å². The smallest absolute Gasteiger partial charge is 0.233 e. The summed E-state index contributed by atoms with van der Waals surface area (Å²) in [6, 6.07) is 16.0. The zero-order valence-electron chi connectivity index (χ0n) is 18.9. The Labute approximate surface area is 193 Å². The van der Waals surface area contributed by atoms with E-state index in [1.807, 2.05) is 0 Å². The number of nitrogens with two attached hydrogens (primary N) is 1. The fourth-order valence-electron chi connectivity index (χ4n) is 3.77. The lowest BCUT2D eigenvalue weighted by molar-refractivity contribution is 0.196. The fourth-order valence-corrected chi connectivity index (χ4v) is 4.90. The normalized spacial score (nSPS) is 12.4. The Morgan fingerprint density at radius 3 is 1.70 bits per heavy atom. The zero-order valence-corrected chi connectivity index (χ0v) is 19.7. The molecule has 0 heterocycles. The van der Waals surface area contributed by atoms with E-state index in [1.165, 1.54) is 19.1 Å². The molecular formula is C24H28N2O6S. The quantitative estimate of drug-likeness (QED) is 0.428. The van der Waals surface area contributed by atoms with E-state index < -0.39 is 27.9 Å². The van der Waals surface area contributed by atoms with Crippen LogP contribution in [-0.2, 0) is 10.0 Å². The maximum Gasteiger partial charge on any atom is 0.233 e. The van der Waals surface area contributed by atoms with Crippen LogP contribution in [0.25, 0.3) is 0 Å². The van der Waals surface area contributed by atoms with Crippen molar-refractivity contribution >= 4 is 21.4 Å². The van der Waals surface area contributed by atoms with Gasteiger partial charge in [-0.1, -0.05) is 24.3 Å². The van der Waals surface area contributed by atoms with Crippen LogP contribution in [0.5, 0.6) is 17.2 Å². The highest BCUT2D eigenvalue weighted by Gasteiger charge is 2.33. The number of anilines is 2. The molecule has 0 spiro atoms. The molecule has 3 aromatic carbocycles. The molecule has 0 saturated heterocycles. The molecule has 0 aliphatic carbocycles. The Morgan fingerprint density at radius 1 is 0.879 bits per heavy atom. The second kappa shape index (κ2) is 9.60. The molecule has 8 nitrogen and oxygen atoms in total. The van der Waals surface area contributed by atoms with Crippen LogP contribution in [0.3, 0.4) is 0 Å². The molecule has 33 heavy (non-hydrogen) atoms. The second-order valence-corrected chi connectivity index (χ2v) is 9.48. The minimum atomic E-state index is -3.93. The molecule has 4 N–H and O–H groups in total. The first-order valence-corrected chi connectivity index (χ1v) is 12.0. The Kier molecular flexibility index (Phi) is 7.04. The van der Waals surface area contributed by atoms with Gasteiger partial charge in [0.25, 0.3) is 0 Å². The van der Waals surface area contributed by atoms with E-state index in [1.54, 1.807) is 62.8 Å². The number of phenols is 1. The number of hydrogen-bond donors (Lipinski definition) is 3. The Morgan fingerprint density at radius 2 is 1.33 bits per heavy atom. The summed E-state index contributed by atoms with van der Waals surface area (Å²) in [4.78, 5) is 0. The first-order valence-electron chi connectivity index (χ1n) is 10.1. The van der Waals surface area contributed by atoms with E-state index in [0.29, 0.717) is 22.6 Å². The largest absolute Gasteiger partial charge is 0.505 e. The first kappa shape index (κ1) is 24.2. The van der Waals surface area contributed by atoms with Crippen molar-refractivity contribution in [3.63, 3.8) is 0 Å². The molecule has 0 bridgehead atoms. The number of ether oxygens (including phenoxy) is 2. The van der Waals surface area contributed by atoms with Gasteiger partial charge in [0.15, 0.2) is 0 Å². The molecular weight excluding hydrogens is 444 g/mol. The van der Waals surface area contributed by atoms with E-state index >= 15 is 0 Å². The molecule has 0 fully saturated rings. The molecule has 0 aromatic heterocycles. The summed E-state index contributed by atoms with van der Waals surface area (Å²) in [5.41, 5.74) is 7.44. The monoisotopic (exact) mass is 472 g/mol. The third-order valence-corrected chi connectivity index (χ3v) is 6.46. The summed E-state index contributed by atoms with van der Waals surface area (Å²) < 4.78 is 37.9. The van der Waals surface area contributed by atoms with Crippen molar-refractivity contribution in [3.05, 3.63) is 77.4 Å². The van der Waals surface area contributed by atoms with Gasteiger partial charge >= 0.3 is 0 Å². The lowest BCUT2D eigenvalue weighted by atomic mass is 9.97. The molecule has 3 aromatic rings. The predicted octanol–water partition coefficient (Wildman–Crippen LogP) is 3.60. The average Bonchev–Trinajstić information content (AvgIpc) is 2.77. The van der Waals surface area contributed by atoms with Crippen LogP contribution in [0.4, 0.5) is 11.4 Å². The van der Waals surface area contributed by atoms with Crippen LogP contribution in [0.15, 0.2) is 60.7 Å². The zero-order chi connectivity index (χ0) is 24.3. The number of aromatic hydroxyl groups is 1. The lowest BCUT2D eigenvalue weighted by Crippen LogP contribution is -2.35. The Hall–Kier alpha value is -3.43. The molecule has 0 saturated carbocycles. The number of phenolic OH excluding ortho intramolecular Hbond substituents is 1. The number of aliphatic hydroxyl groups is 1. The van der Waals surface area contributed by atoms with Crippen molar-refractivity contribution in [2.75, 3.05) is 30.5 Å². The minimum Gasteiger partial charge on any atom is -0.505 e.